The fourth-order valence-electron chi connectivity index (χ4n) is 1.88. The zero-order valence-corrected chi connectivity index (χ0v) is 11.3. The standard InChI is InChI=1S/C13H17N3S/c1-4-10-11(12-9(3)6-7-17-12)15-8-16-13(10)14-5-2/h6-8H,4-5H2,1-3H3,(H,14,15,16). The summed E-state index contributed by atoms with van der Waals surface area (Å²) in [5, 5.41) is 5.41. The van der Waals surface area contributed by atoms with Crippen LogP contribution in [0.1, 0.15) is 25.0 Å². The van der Waals surface area contributed by atoms with Crippen LogP contribution in [0, 0.1) is 6.92 Å². The second kappa shape index (κ2) is 5.27. The number of aryl methyl sites for hydroxylation is 1. The van der Waals surface area contributed by atoms with E-state index >= 15 is 0 Å². The summed E-state index contributed by atoms with van der Waals surface area (Å²) in [6.45, 7) is 7.23. The Labute approximate surface area is 106 Å². The molecule has 0 amide bonds. The van der Waals surface area contributed by atoms with E-state index in [-0.39, 0.29) is 0 Å². The Kier molecular flexibility index (Phi) is 3.74. The quantitative estimate of drug-likeness (QED) is 0.898. The first-order chi connectivity index (χ1) is 8.27. The van der Waals surface area contributed by atoms with Crippen LogP contribution in [0.25, 0.3) is 10.6 Å². The van der Waals surface area contributed by atoms with Crippen LogP contribution < -0.4 is 5.32 Å². The molecule has 0 aliphatic carbocycles. The van der Waals surface area contributed by atoms with Crippen molar-refractivity contribution in [3.05, 3.63) is 28.9 Å². The van der Waals surface area contributed by atoms with E-state index in [4.69, 9.17) is 0 Å². The molecule has 4 heteroatoms. The smallest absolute Gasteiger partial charge is 0.133 e. The minimum Gasteiger partial charge on any atom is -0.370 e. The van der Waals surface area contributed by atoms with Crippen LogP contribution in [-0.4, -0.2) is 16.5 Å². The van der Waals surface area contributed by atoms with Gasteiger partial charge in [-0.1, -0.05) is 6.92 Å². The van der Waals surface area contributed by atoms with Gasteiger partial charge >= 0.3 is 0 Å². The molecule has 0 fully saturated rings. The molecule has 2 aromatic rings. The van der Waals surface area contributed by atoms with Crippen LogP contribution in [0.3, 0.4) is 0 Å². The largest absolute Gasteiger partial charge is 0.370 e. The van der Waals surface area contributed by atoms with Crippen molar-refractivity contribution in [2.75, 3.05) is 11.9 Å². The summed E-state index contributed by atoms with van der Waals surface area (Å²) in [5.74, 6) is 0.966. The molecule has 0 aliphatic rings. The lowest BCUT2D eigenvalue weighted by Crippen LogP contribution is -2.05. The van der Waals surface area contributed by atoms with Gasteiger partial charge in [0.05, 0.1) is 10.6 Å². The maximum absolute atomic E-state index is 4.46. The molecule has 1 N–H and O–H groups in total. The third kappa shape index (κ3) is 2.31. The summed E-state index contributed by atoms with van der Waals surface area (Å²) in [6.07, 6.45) is 2.58. The average molecular weight is 247 g/mol. The Morgan fingerprint density at radius 1 is 1.29 bits per heavy atom. The molecule has 0 atom stereocenters. The first kappa shape index (κ1) is 12.0. The Bertz CT molecular complexity index is 505. The van der Waals surface area contributed by atoms with E-state index < -0.39 is 0 Å². The summed E-state index contributed by atoms with van der Waals surface area (Å²) in [4.78, 5) is 10.0. The molecule has 0 saturated heterocycles. The highest BCUT2D eigenvalue weighted by molar-refractivity contribution is 7.13. The number of nitrogens with one attached hydrogen (secondary N) is 1. The lowest BCUT2D eigenvalue weighted by Gasteiger charge is -2.11. The second-order valence-corrected chi connectivity index (χ2v) is 4.78. The van der Waals surface area contributed by atoms with E-state index in [1.165, 1.54) is 16.0 Å². The first-order valence-electron chi connectivity index (χ1n) is 5.90. The lowest BCUT2D eigenvalue weighted by atomic mass is 10.1. The Hall–Kier alpha value is -1.42. The summed E-state index contributed by atoms with van der Waals surface area (Å²) < 4.78 is 0. The molecule has 0 bridgehead atoms. The number of hydrogen-bond donors (Lipinski definition) is 1. The summed E-state index contributed by atoms with van der Waals surface area (Å²) in [5.41, 5.74) is 3.57. The second-order valence-electron chi connectivity index (χ2n) is 3.87. The van der Waals surface area contributed by atoms with E-state index in [9.17, 15) is 0 Å². The van der Waals surface area contributed by atoms with Gasteiger partial charge in [-0.3, -0.25) is 0 Å². The molecule has 17 heavy (non-hydrogen) atoms. The van der Waals surface area contributed by atoms with Crippen molar-refractivity contribution in [3.63, 3.8) is 0 Å². The Morgan fingerprint density at radius 3 is 2.71 bits per heavy atom. The number of rotatable bonds is 4. The highest BCUT2D eigenvalue weighted by atomic mass is 32.1. The third-order valence-electron chi connectivity index (χ3n) is 2.72. The number of anilines is 1. The van der Waals surface area contributed by atoms with Crippen molar-refractivity contribution in [3.8, 4) is 10.6 Å². The van der Waals surface area contributed by atoms with Gasteiger partial charge in [0.25, 0.3) is 0 Å². The Balaban J connectivity index is 2.54. The van der Waals surface area contributed by atoms with Crippen molar-refractivity contribution >= 4 is 17.2 Å². The predicted molar refractivity (Wildman–Crippen MR) is 73.6 cm³/mol. The maximum Gasteiger partial charge on any atom is 0.133 e. The van der Waals surface area contributed by atoms with Crippen LogP contribution in [-0.2, 0) is 6.42 Å². The SMILES string of the molecule is CCNc1ncnc(-c2sccc2C)c1CC. The summed E-state index contributed by atoms with van der Waals surface area (Å²) >= 11 is 1.74. The molecule has 2 aromatic heterocycles. The monoisotopic (exact) mass is 247 g/mol. The Morgan fingerprint density at radius 2 is 2.12 bits per heavy atom. The summed E-state index contributed by atoms with van der Waals surface area (Å²) in [7, 11) is 0. The van der Waals surface area contributed by atoms with Crippen LogP contribution >= 0.6 is 11.3 Å². The van der Waals surface area contributed by atoms with Crippen LogP contribution in [0.15, 0.2) is 17.8 Å². The van der Waals surface area contributed by atoms with Gasteiger partial charge in [0, 0.05) is 12.1 Å². The number of thiophene rings is 1. The first-order valence-corrected chi connectivity index (χ1v) is 6.78. The van der Waals surface area contributed by atoms with Gasteiger partial charge in [-0.15, -0.1) is 11.3 Å². The maximum atomic E-state index is 4.46. The van der Waals surface area contributed by atoms with Crippen molar-refractivity contribution in [1.29, 1.82) is 0 Å². The zero-order valence-electron chi connectivity index (χ0n) is 10.4. The molecule has 0 unspecified atom stereocenters. The van der Waals surface area contributed by atoms with E-state index in [1.807, 2.05) is 0 Å². The fourth-order valence-corrected chi connectivity index (χ4v) is 2.83. The highest BCUT2D eigenvalue weighted by Crippen LogP contribution is 2.32. The molecule has 0 saturated carbocycles. The third-order valence-corrected chi connectivity index (χ3v) is 3.74. The molecular weight excluding hydrogens is 230 g/mol. The molecular formula is C13H17N3S. The van der Waals surface area contributed by atoms with Gasteiger partial charge in [0.2, 0.25) is 0 Å². The van der Waals surface area contributed by atoms with Gasteiger partial charge in [-0.25, -0.2) is 9.97 Å². The van der Waals surface area contributed by atoms with E-state index in [0.29, 0.717) is 0 Å². The molecule has 0 radical (unpaired) electrons. The van der Waals surface area contributed by atoms with Crippen molar-refractivity contribution in [1.82, 2.24) is 9.97 Å². The van der Waals surface area contributed by atoms with Crippen LogP contribution in [0.2, 0.25) is 0 Å². The molecule has 90 valence electrons. The lowest BCUT2D eigenvalue weighted by molar-refractivity contribution is 1.03. The molecule has 0 aromatic carbocycles. The average Bonchev–Trinajstić information content (AvgIpc) is 2.75. The minimum absolute atomic E-state index is 0.882. The molecule has 2 heterocycles. The minimum atomic E-state index is 0.882. The predicted octanol–water partition coefficient (Wildman–Crippen LogP) is 3.51. The van der Waals surface area contributed by atoms with Gasteiger partial charge in [0.1, 0.15) is 12.1 Å². The van der Waals surface area contributed by atoms with Crippen LogP contribution in [0.4, 0.5) is 5.82 Å². The van der Waals surface area contributed by atoms with Crippen LogP contribution in [0.5, 0.6) is 0 Å². The molecule has 0 spiro atoms. The topological polar surface area (TPSA) is 37.8 Å². The van der Waals surface area contributed by atoms with Crippen molar-refractivity contribution < 1.29 is 0 Å². The van der Waals surface area contributed by atoms with Crippen molar-refractivity contribution in [2.24, 2.45) is 0 Å². The van der Waals surface area contributed by atoms with Gasteiger partial charge in [0.15, 0.2) is 0 Å². The normalized spacial score (nSPS) is 10.5. The molecule has 0 aliphatic heterocycles. The summed E-state index contributed by atoms with van der Waals surface area (Å²) in [6, 6.07) is 2.13. The molecule has 3 nitrogen and oxygen atoms in total. The number of aromatic nitrogens is 2. The van der Waals surface area contributed by atoms with Gasteiger partial charge in [-0.05, 0) is 37.3 Å². The van der Waals surface area contributed by atoms with Gasteiger partial charge < -0.3 is 5.32 Å². The van der Waals surface area contributed by atoms with E-state index in [2.05, 4.69) is 47.5 Å². The fraction of sp³-hybridized carbons (Fsp3) is 0.385. The molecule has 2 rings (SSSR count). The van der Waals surface area contributed by atoms with E-state index in [1.54, 1.807) is 17.7 Å². The zero-order chi connectivity index (χ0) is 12.3. The van der Waals surface area contributed by atoms with Gasteiger partial charge in [-0.2, -0.15) is 0 Å². The number of hydrogen-bond acceptors (Lipinski definition) is 4. The van der Waals surface area contributed by atoms with Crippen molar-refractivity contribution in [2.45, 2.75) is 27.2 Å². The number of nitrogens with zero attached hydrogens (tertiary/aromatic N) is 2. The van der Waals surface area contributed by atoms with E-state index in [0.717, 1.165) is 24.5 Å². The highest BCUT2D eigenvalue weighted by Gasteiger charge is 2.13.